The van der Waals surface area contributed by atoms with Gasteiger partial charge < -0.3 is 20.7 Å². The summed E-state index contributed by atoms with van der Waals surface area (Å²) in [6.07, 6.45) is 1.08. The van der Waals surface area contributed by atoms with Crippen LogP contribution in [0.2, 0.25) is 0 Å². The number of piperidine rings is 1. The van der Waals surface area contributed by atoms with Crippen LogP contribution in [0.1, 0.15) is 23.5 Å². The number of nitrogens with one attached hydrogen (secondary N) is 3. The van der Waals surface area contributed by atoms with Gasteiger partial charge in [0, 0.05) is 24.2 Å². The Labute approximate surface area is 141 Å². The van der Waals surface area contributed by atoms with Gasteiger partial charge in [-0.1, -0.05) is 12.1 Å². The summed E-state index contributed by atoms with van der Waals surface area (Å²) < 4.78 is 5.40. The molecule has 1 fully saturated rings. The van der Waals surface area contributed by atoms with Gasteiger partial charge in [0.2, 0.25) is 0 Å². The molecule has 0 spiro atoms. The van der Waals surface area contributed by atoms with Crippen LogP contribution in [0.25, 0.3) is 0 Å². The normalized spacial score (nSPS) is 21.2. The maximum atomic E-state index is 9.57. The van der Waals surface area contributed by atoms with Crippen molar-refractivity contribution in [1.82, 2.24) is 5.32 Å². The molecule has 2 aromatic rings. The van der Waals surface area contributed by atoms with Gasteiger partial charge in [-0.05, 0) is 42.8 Å². The number of para-hydroxylation sites is 2. The summed E-state index contributed by atoms with van der Waals surface area (Å²) in [5, 5.41) is 20.0. The molecule has 5 nitrogen and oxygen atoms in total. The van der Waals surface area contributed by atoms with E-state index in [1.165, 1.54) is 5.56 Å². The zero-order valence-electron chi connectivity index (χ0n) is 13.6. The minimum absolute atomic E-state index is 0.417. The summed E-state index contributed by atoms with van der Waals surface area (Å²) in [7, 11) is 1.66. The lowest BCUT2D eigenvalue weighted by Gasteiger charge is -2.26. The summed E-state index contributed by atoms with van der Waals surface area (Å²) in [6, 6.07) is 14.6. The monoisotopic (exact) mass is 320 g/mol. The first-order valence-corrected chi connectivity index (χ1v) is 8.25. The van der Waals surface area contributed by atoms with Crippen molar-refractivity contribution in [3.05, 3.63) is 47.5 Å². The Morgan fingerprint density at radius 2 is 2.17 bits per heavy atom. The topological polar surface area (TPSA) is 69.1 Å². The highest BCUT2D eigenvalue weighted by Gasteiger charge is 2.35. The molecule has 0 saturated carbocycles. The Kier molecular flexibility index (Phi) is 3.75. The van der Waals surface area contributed by atoms with E-state index < -0.39 is 0 Å². The fourth-order valence-electron chi connectivity index (χ4n) is 3.73. The standard InChI is InChI=1S/C19H20N4O/c1-24-18-5-3-2-4-17(18)22-13-8-12(10-20)19-14(9-13)15-11-21-7-6-16(15)23-19/h2-5,8-9,15-16,21-23H,6-7,11H2,1H3/t15?,16-/m0/s1. The summed E-state index contributed by atoms with van der Waals surface area (Å²) in [4.78, 5) is 0. The molecule has 3 N–H and O–H groups in total. The Hall–Kier alpha value is -2.71. The molecule has 0 bridgehead atoms. The average molecular weight is 320 g/mol. The molecule has 0 aliphatic carbocycles. The van der Waals surface area contributed by atoms with Crippen molar-refractivity contribution in [1.29, 1.82) is 5.26 Å². The van der Waals surface area contributed by atoms with Gasteiger partial charge >= 0.3 is 0 Å². The predicted molar refractivity (Wildman–Crippen MR) is 95.1 cm³/mol. The van der Waals surface area contributed by atoms with Crippen LogP contribution < -0.4 is 20.7 Å². The second-order valence-corrected chi connectivity index (χ2v) is 6.28. The van der Waals surface area contributed by atoms with E-state index in [0.29, 0.717) is 17.5 Å². The molecule has 0 amide bonds. The van der Waals surface area contributed by atoms with Gasteiger partial charge in [0.15, 0.2) is 0 Å². The van der Waals surface area contributed by atoms with E-state index in [4.69, 9.17) is 4.74 Å². The first-order valence-electron chi connectivity index (χ1n) is 8.25. The molecule has 0 aromatic heterocycles. The number of hydrogen-bond acceptors (Lipinski definition) is 5. The molecule has 5 heteroatoms. The fraction of sp³-hybridized carbons (Fsp3) is 0.316. The van der Waals surface area contributed by atoms with E-state index in [9.17, 15) is 5.26 Å². The van der Waals surface area contributed by atoms with E-state index >= 15 is 0 Å². The summed E-state index contributed by atoms with van der Waals surface area (Å²) in [5.41, 5.74) is 4.74. The van der Waals surface area contributed by atoms with E-state index in [-0.39, 0.29) is 0 Å². The second-order valence-electron chi connectivity index (χ2n) is 6.28. The second kappa shape index (κ2) is 6.06. The number of hydrogen-bond donors (Lipinski definition) is 3. The number of methoxy groups -OCH3 is 1. The van der Waals surface area contributed by atoms with Crippen LogP contribution in [0.5, 0.6) is 5.75 Å². The molecular weight excluding hydrogens is 300 g/mol. The first-order chi connectivity index (χ1) is 11.8. The highest BCUT2D eigenvalue weighted by Crippen LogP contribution is 2.42. The number of nitrogens with zero attached hydrogens (tertiary/aromatic N) is 1. The van der Waals surface area contributed by atoms with Gasteiger partial charge in [-0.15, -0.1) is 0 Å². The van der Waals surface area contributed by atoms with Crippen LogP contribution in [0, 0.1) is 11.3 Å². The van der Waals surface area contributed by atoms with E-state index in [1.54, 1.807) is 7.11 Å². The number of fused-ring (bicyclic) bond motifs is 3. The lowest BCUT2D eigenvalue weighted by molar-refractivity contribution is 0.417. The zero-order valence-corrected chi connectivity index (χ0v) is 13.6. The van der Waals surface area contributed by atoms with Crippen molar-refractivity contribution in [2.75, 3.05) is 30.8 Å². The molecule has 1 unspecified atom stereocenters. The third-order valence-corrected chi connectivity index (χ3v) is 4.89. The average Bonchev–Trinajstić information content (AvgIpc) is 3.00. The maximum absolute atomic E-state index is 9.57. The Morgan fingerprint density at radius 3 is 3.00 bits per heavy atom. The van der Waals surface area contributed by atoms with E-state index in [2.05, 4.69) is 28.1 Å². The molecule has 2 aliphatic heterocycles. The van der Waals surface area contributed by atoms with Crippen LogP contribution in [0.3, 0.4) is 0 Å². The number of nitriles is 1. The first kappa shape index (κ1) is 14.9. The molecule has 2 heterocycles. The molecule has 4 rings (SSSR count). The van der Waals surface area contributed by atoms with Gasteiger partial charge in [0.1, 0.15) is 11.8 Å². The van der Waals surface area contributed by atoms with Crippen molar-refractivity contribution >= 4 is 17.1 Å². The van der Waals surface area contributed by atoms with Crippen molar-refractivity contribution in [2.24, 2.45) is 0 Å². The van der Waals surface area contributed by atoms with E-state index in [1.807, 2.05) is 30.3 Å². The van der Waals surface area contributed by atoms with Gasteiger partial charge in [0.25, 0.3) is 0 Å². The van der Waals surface area contributed by atoms with E-state index in [0.717, 1.165) is 42.3 Å². The number of anilines is 3. The number of benzene rings is 2. The number of ether oxygens (including phenoxy) is 1. The van der Waals surface area contributed by atoms with Gasteiger partial charge in [0.05, 0.1) is 24.0 Å². The van der Waals surface area contributed by atoms with Crippen LogP contribution in [0.15, 0.2) is 36.4 Å². The minimum Gasteiger partial charge on any atom is -0.495 e. The van der Waals surface area contributed by atoms with Crippen molar-refractivity contribution in [2.45, 2.75) is 18.4 Å². The van der Waals surface area contributed by atoms with Crippen LogP contribution in [0.4, 0.5) is 17.1 Å². The molecule has 24 heavy (non-hydrogen) atoms. The third kappa shape index (κ3) is 2.45. The Balaban J connectivity index is 1.72. The Morgan fingerprint density at radius 1 is 1.29 bits per heavy atom. The van der Waals surface area contributed by atoms with Gasteiger partial charge in [-0.2, -0.15) is 5.26 Å². The molecule has 2 aromatic carbocycles. The zero-order chi connectivity index (χ0) is 16.5. The van der Waals surface area contributed by atoms with Crippen LogP contribution in [-0.4, -0.2) is 26.2 Å². The van der Waals surface area contributed by atoms with Crippen molar-refractivity contribution < 1.29 is 4.74 Å². The lowest BCUT2D eigenvalue weighted by Crippen LogP contribution is -2.38. The molecule has 2 atom stereocenters. The highest BCUT2D eigenvalue weighted by atomic mass is 16.5. The van der Waals surface area contributed by atoms with Crippen LogP contribution in [-0.2, 0) is 0 Å². The van der Waals surface area contributed by atoms with Gasteiger partial charge in [-0.25, -0.2) is 0 Å². The maximum Gasteiger partial charge on any atom is 0.142 e. The lowest BCUT2D eigenvalue weighted by atomic mass is 9.89. The molecule has 2 aliphatic rings. The quantitative estimate of drug-likeness (QED) is 0.810. The van der Waals surface area contributed by atoms with Gasteiger partial charge in [-0.3, -0.25) is 0 Å². The molecule has 1 saturated heterocycles. The Bertz CT molecular complexity index is 811. The smallest absolute Gasteiger partial charge is 0.142 e. The molecular formula is C19H20N4O. The molecule has 122 valence electrons. The fourth-order valence-corrected chi connectivity index (χ4v) is 3.73. The summed E-state index contributed by atoms with van der Waals surface area (Å²) in [6.45, 7) is 1.98. The minimum atomic E-state index is 0.417. The number of rotatable bonds is 3. The predicted octanol–water partition coefficient (Wildman–Crippen LogP) is 3.18. The molecule has 0 radical (unpaired) electrons. The van der Waals surface area contributed by atoms with Crippen LogP contribution >= 0.6 is 0 Å². The summed E-state index contributed by atoms with van der Waals surface area (Å²) >= 11 is 0. The van der Waals surface area contributed by atoms with Crippen molar-refractivity contribution in [3.8, 4) is 11.8 Å². The van der Waals surface area contributed by atoms with Crippen molar-refractivity contribution in [3.63, 3.8) is 0 Å². The third-order valence-electron chi connectivity index (χ3n) is 4.89. The largest absolute Gasteiger partial charge is 0.495 e. The highest BCUT2D eigenvalue weighted by molar-refractivity contribution is 5.76. The summed E-state index contributed by atoms with van der Waals surface area (Å²) in [5.74, 6) is 1.20. The SMILES string of the molecule is COc1ccccc1Nc1cc(C#N)c2c(c1)C1CNCC[C@@H]1N2.